The number of rotatable bonds is 6. The zero-order chi connectivity index (χ0) is 12.7. The molecule has 3 N–H and O–H groups in total. The van der Waals surface area contributed by atoms with E-state index in [-0.39, 0.29) is 12.5 Å². The van der Waals surface area contributed by atoms with E-state index in [1.807, 2.05) is 6.92 Å². The highest BCUT2D eigenvalue weighted by atomic mass is 79.9. The van der Waals surface area contributed by atoms with E-state index in [1.165, 1.54) is 0 Å². The minimum absolute atomic E-state index is 0.115. The minimum Gasteiger partial charge on any atom is -0.480 e. The SMILES string of the molecule is C=C(Br)CNC(=O)N[C@H](C(=O)O)C(C)CC. The fraction of sp³-hybridized carbons (Fsp3) is 0.600. The maximum Gasteiger partial charge on any atom is 0.326 e. The molecule has 0 radical (unpaired) electrons. The summed E-state index contributed by atoms with van der Waals surface area (Å²) in [6, 6.07) is -1.37. The van der Waals surface area contributed by atoms with Gasteiger partial charge in [-0.05, 0) is 5.92 Å². The normalized spacial score (nSPS) is 13.7. The summed E-state index contributed by atoms with van der Waals surface area (Å²) in [5, 5.41) is 13.8. The van der Waals surface area contributed by atoms with Crippen LogP contribution in [0.4, 0.5) is 4.79 Å². The number of carbonyl (C=O) groups is 2. The summed E-state index contributed by atoms with van der Waals surface area (Å²) in [5.74, 6) is -1.14. The summed E-state index contributed by atoms with van der Waals surface area (Å²) >= 11 is 3.09. The van der Waals surface area contributed by atoms with Gasteiger partial charge in [-0.1, -0.05) is 42.8 Å². The predicted molar refractivity (Wildman–Crippen MR) is 65.5 cm³/mol. The number of urea groups is 1. The van der Waals surface area contributed by atoms with E-state index < -0.39 is 18.0 Å². The molecule has 0 aromatic heterocycles. The number of aliphatic carboxylic acids is 1. The molecule has 92 valence electrons. The Hall–Kier alpha value is -1.04. The number of carboxylic acid groups (broad SMARTS) is 1. The number of hydrogen-bond donors (Lipinski definition) is 3. The lowest BCUT2D eigenvalue weighted by Crippen LogP contribution is -2.49. The topological polar surface area (TPSA) is 78.4 Å². The molecule has 2 amide bonds. The van der Waals surface area contributed by atoms with E-state index in [0.29, 0.717) is 10.9 Å². The average Bonchev–Trinajstić information content (AvgIpc) is 2.21. The van der Waals surface area contributed by atoms with Crippen LogP contribution in [0.1, 0.15) is 20.3 Å². The smallest absolute Gasteiger partial charge is 0.326 e. The molecule has 16 heavy (non-hydrogen) atoms. The van der Waals surface area contributed by atoms with Crippen LogP contribution >= 0.6 is 15.9 Å². The molecule has 0 spiro atoms. The van der Waals surface area contributed by atoms with Gasteiger partial charge in [0.25, 0.3) is 0 Å². The highest BCUT2D eigenvalue weighted by Crippen LogP contribution is 2.07. The van der Waals surface area contributed by atoms with Crippen molar-refractivity contribution >= 4 is 27.9 Å². The number of nitrogens with one attached hydrogen (secondary N) is 2. The zero-order valence-corrected chi connectivity index (χ0v) is 11.0. The fourth-order valence-electron chi connectivity index (χ4n) is 1.05. The van der Waals surface area contributed by atoms with Crippen LogP contribution in [-0.4, -0.2) is 29.7 Å². The van der Waals surface area contributed by atoms with Gasteiger partial charge in [-0.15, -0.1) is 0 Å². The lowest BCUT2D eigenvalue weighted by molar-refractivity contribution is -0.140. The lowest BCUT2D eigenvalue weighted by atomic mass is 9.99. The van der Waals surface area contributed by atoms with Crippen molar-refractivity contribution in [1.82, 2.24) is 10.6 Å². The summed E-state index contributed by atoms with van der Waals surface area (Å²) in [6.07, 6.45) is 0.683. The zero-order valence-electron chi connectivity index (χ0n) is 9.42. The lowest BCUT2D eigenvalue weighted by Gasteiger charge is -2.20. The van der Waals surface area contributed by atoms with E-state index in [2.05, 4.69) is 33.1 Å². The molecule has 1 unspecified atom stereocenters. The fourth-order valence-corrected chi connectivity index (χ4v) is 1.19. The molecule has 0 aliphatic rings. The van der Waals surface area contributed by atoms with Gasteiger partial charge in [-0.25, -0.2) is 9.59 Å². The van der Waals surface area contributed by atoms with E-state index in [1.54, 1.807) is 6.92 Å². The molecule has 0 aromatic carbocycles. The second-order valence-corrected chi connectivity index (χ2v) is 4.67. The van der Waals surface area contributed by atoms with E-state index in [0.717, 1.165) is 0 Å². The van der Waals surface area contributed by atoms with Crippen molar-refractivity contribution in [2.45, 2.75) is 26.3 Å². The highest BCUT2D eigenvalue weighted by molar-refractivity contribution is 9.11. The summed E-state index contributed by atoms with van der Waals surface area (Å²) < 4.78 is 0.623. The molecule has 0 aromatic rings. The minimum atomic E-state index is -1.03. The monoisotopic (exact) mass is 292 g/mol. The summed E-state index contributed by atoms with van der Waals surface area (Å²) in [7, 11) is 0. The maximum absolute atomic E-state index is 11.3. The van der Waals surface area contributed by atoms with Gasteiger partial charge in [-0.3, -0.25) is 0 Å². The maximum atomic E-state index is 11.3. The number of carbonyl (C=O) groups excluding carboxylic acids is 1. The van der Waals surface area contributed by atoms with Crippen molar-refractivity contribution in [2.24, 2.45) is 5.92 Å². The molecule has 0 saturated heterocycles. The van der Waals surface area contributed by atoms with Crippen LogP contribution in [0.3, 0.4) is 0 Å². The van der Waals surface area contributed by atoms with Gasteiger partial charge in [0, 0.05) is 4.48 Å². The van der Waals surface area contributed by atoms with E-state index >= 15 is 0 Å². The second-order valence-electron chi connectivity index (χ2n) is 3.55. The molecule has 0 aliphatic heterocycles. The largest absolute Gasteiger partial charge is 0.480 e. The van der Waals surface area contributed by atoms with Crippen molar-refractivity contribution in [1.29, 1.82) is 0 Å². The van der Waals surface area contributed by atoms with Gasteiger partial charge in [0.05, 0.1) is 6.54 Å². The van der Waals surface area contributed by atoms with Gasteiger partial charge < -0.3 is 15.7 Å². The van der Waals surface area contributed by atoms with Crippen LogP contribution in [0.2, 0.25) is 0 Å². The van der Waals surface area contributed by atoms with E-state index in [4.69, 9.17) is 5.11 Å². The van der Waals surface area contributed by atoms with Crippen molar-refractivity contribution in [3.05, 3.63) is 11.1 Å². The first-order valence-corrected chi connectivity index (χ1v) is 5.78. The van der Waals surface area contributed by atoms with Crippen LogP contribution in [0.5, 0.6) is 0 Å². The summed E-state index contributed by atoms with van der Waals surface area (Å²) in [4.78, 5) is 22.2. The van der Waals surface area contributed by atoms with Gasteiger partial charge in [0.15, 0.2) is 0 Å². The number of hydrogen-bond acceptors (Lipinski definition) is 2. The summed E-state index contributed by atoms with van der Waals surface area (Å²) in [5.41, 5.74) is 0. The molecule has 0 heterocycles. The Labute approximate surface area is 103 Å². The van der Waals surface area contributed by atoms with Crippen LogP contribution in [0, 0.1) is 5.92 Å². The first-order valence-electron chi connectivity index (χ1n) is 4.98. The van der Waals surface area contributed by atoms with Crippen molar-refractivity contribution < 1.29 is 14.7 Å². The first kappa shape index (κ1) is 15.0. The van der Waals surface area contributed by atoms with Gasteiger partial charge in [-0.2, -0.15) is 0 Å². The average molecular weight is 293 g/mol. The Morgan fingerprint density at radius 2 is 2.06 bits per heavy atom. The number of carboxylic acids is 1. The Kier molecular flexibility index (Phi) is 6.80. The van der Waals surface area contributed by atoms with Gasteiger partial charge in [0.1, 0.15) is 6.04 Å². The molecule has 0 rings (SSSR count). The molecular weight excluding hydrogens is 276 g/mol. The molecule has 5 nitrogen and oxygen atoms in total. The van der Waals surface area contributed by atoms with Crippen LogP contribution in [0.15, 0.2) is 11.1 Å². The van der Waals surface area contributed by atoms with Crippen molar-refractivity contribution in [3.63, 3.8) is 0 Å². The van der Waals surface area contributed by atoms with Crippen molar-refractivity contribution in [2.75, 3.05) is 6.54 Å². The molecule has 2 atom stereocenters. The standard InChI is InChI=1S/C10H17BrN2O3/c1-4-6(2)8(9(14)15)13-10(16)12-5-7(3)11/h6,8H,3-5H2,1-2H3,(H,14,15)(H2,12,13,16)/t6?,8-/m0/s1. The molecule has 0 saturated carbocycles. The quantitative estimate of drug-likeness (QED) is 0.697. The van der Waals surface area contributed by atoms with Crippen LogP contribution in [0.25, 0.3) is 0 Å². The van der Waals surface area contributed by atoms with Crippen LogP contribution in [-0.2, 0) is 4.79 Å². The van der Waals surface area contributed by atoms with Crippen LogP contribution < -0.4 is 10.6 Å². The van der Waals surface area contributed by atoms with Crippen molar-refractivity contribution in [3.8, 4) is 0 Å². The number of halogens is 1. The Balaban J connectivity index is 4.24. The molecular formula is C10H17BrN2O3. The Morgan fingerprint density at radius 1 is 1.50 bits per heavy atom. The molecule has 0 bridgehead atoms. The molecule has 0 fully saturated rings. The predicted octanol–water partition coefficient (Wildman–Crippen LogP) is 1.69. The molecule has 6 heteroatoms. The Bertz CT molecular complexity index is 281. The van der Waals surface area contributed by atoms with Gasteiger partial charge >= 0.3 is 12.0 Å². The van der Waals surface area contributed by atoms with Gasteiger partial charge in [0.2, 0.25) is 0 Å². The third-order valence-corrected chi connectivity index (χ3v) is 2.49. The number of amides is 2. The van der Waals surface area contributed by atoms with E-state index in [9.17, 15) is 9.59 Å². The Morgan fingerprint density at radius 3 is 2.44 bits per heavy atom. The summed E-state index contributed by atoms with van der Waals surface area (Å²) in [6.45, 7) is 7.47. The molecule has 0 aliphatic carbocycles. The third kappa shape index (κ3) is 5.75. The highest BCUT2D eigenvalue weighted by Gasteiger charge is 2.24. The first-order chi connectivity index (χ1) is 7.38. The third-order valence-electron chi connectivity index (χ3n) is 2.21. The second kappa shape index (κ2) is 7.27.